The molecule has 6 heteroatoms. The van der Waals surface area contributed by atoms with Crippen LogP contribution in [0.5, 0.6) is 0 Å². The van der Waals surface area contributed by atoms with Crippen LogP contribution in [0.4, 0.5) is 0 Å². The molecule has 1 heterocycles. The first-order chi connectivity index (χ1) is 18.3. The number of ether oxygens (including phenoxy) is 1. The van der Waals surface area contributed by atoms with Gasteiger partial charge in [-0.15, -0.1) is 0 Å². The standard InChI is InChI=1S/C33H50O6/c1-7-8-11-29(35)32(4,5)19-23(12-15-30(36)37)18-24-10-9-16-33(6)26(13-14-27(24)33)22(3)28-17-21(2)25(20-34)31(38)39-28/h8,11-12,15,22-24,26-28,34H,7,9-10,13-14,16-20H2,1-6H3,(H,36,37)/b11-8-,15-12+/t22-,23?,24?,26?,27?,28?,33+/m0/s1. The van der Waals surface area contributed by atoms with Crippen LogP contribution in [0.25, 0.3) is 0 Å². The van der Waals surface area contributed by atoms with Crippen LogP contribution in [0.1, 0.15) is 99.3 Å². The Kier molecular flexibility index (Phi) is 10.4. The van der Waals surface area contributed by atoms with Crippen LogP contribution in [-0.4, -0.2) is 40.6 Å². The van der Waals surface area contributed by atoms with Crippen LogP contribution in [0.15, 0.2) is 35.5 Å². The number of hydrogen-bond acceptors (Lipinski definition) is 5. The third-order valence-corrected chi connectivity index (χ3v) is 10.3. The highest BCUT2D eigenvalue weighted by Gasteiger charge is 2.54. The number of cyclic esters (lactones) is 1. The van der Waals surface area contributed by atoms with Gasteiger partial charge < -0.3 is 14.9 Å². The minimum absolute atomic E-state index is 0.0166. The van der Waals surface area contributed by atoms with Crippen molar-refractivity contribution in [3.05, 3.63) is 35.5 Å². The monoisotopic (exact) mass is 542 g/mol. The molecule has 5 unspecified atom stereocenters. The summed E-state index contributed by atoms with van der Waals surface area (Å²) < 4.78 is 5.85. The van der Waals surface area contributed by atoms with Crippen molar-refractivity contribution in [2.75, 3.05) is 6.61 Å². The third-order valence-electron chi connectivity index (χ3n) is 10.3. The summed E-state index contributed by atoms with van der Waals surface area (Å²) in [4.78, 5) is 36.8. The highest BCUT2D eigenvalue weighted by atomic mass is 16.5. The number of carbonyl (C=O) groups excluding carboxylic acids is 2. The van der Waals surface area contributed by atoms with Gasteiger partial charge in [0.25, 0.3) is 0 Å². The number of esters is 1. The van der Waals surface area contributed by atoms with Gasteiger partial charge in [0.15, 0.2) is 5.78 Å². The Labute approximate surface area is 235 Å². The first-order valence-corrected chi connectivity index (χ1v) is 15.0. The number of aliphatic carboxylic acids is 1. The molecule has 218 valence electrons. The van der Waals surface area contributed by atoms with Crippen LogP contribution in [0, 0.1) is 40.4 Å². The second-order valence-electron chi connectivity index (χ2n) is 13.3. The fraction of sp³-hybridized carbons (Fsp3) is 0.727. The van der Waals surface area contributed by atoms with E-state index in [2.05, 4.69) is 13.8 Å². The van der Waals surface area contributed by atoms with E-state index in [0.717, 1.165) is 50.5 Å². The molecule has 39 heavy (non-hydrogen) atoms. The van der Waals surface area contributed by atoms with E-state index >= 15 is 0 Å². The molecule has 2 aliphatic carbocycles. The quantitative estimate of drug-likeness (QED) is 0.211. The third kappa shape index (κ3) is 7.11. The number of rotatable bonds is 12. The Morgan fingerprint density at radius 1 is 1.21 bits per heavy atom. The summed E-state index contributed by atoms with van der Waals surface area (Å²) >= 11 is 0. The zero-order chi connectivity index (χ0) is 29.0. The minimum atomic E-state index is -0.950. The molecule has 2 N–H and O–H groups in total. The molecule has 0 aromatic carbocycles. The number of ketones is 1. The highest BCUT2D eigenvalue weighted by molar-refractivity contribution is 5.94. The van der Waals surface area contributed by atoms with Crippen molar-refractivity contribution in [3.8, 4) is 0 Å². The van der Waals surface area contributed by atoms with Crippen molar-refractivity contribution >= 4 is 17.7 Å². The molecule has 0 aromatic rings. The van der Waals surface area contributed by atoms with Gasteiger partial charge in [0.05, 0.1) is 12.2 Å². The minimum Gasteiger partial charge on any atom is -0.478 e. The highest BCUT2D eigenvalue weighted by Crippen LogP contribution is 2.61. The molecule has 0 radical (unpaired) electrons. The number of aliphatic hydroxyl groups is 1. The van der Waals surface area contributed by atoms with Gasteiger partial charge in [0.1, 0.15) is 6.10 Å². The van der Waals surface area contributed by atoms with Crippen molar-refractivity contribution in [1.82, 2.24) is 0 Å². The molecule has 0 spiro atoms. The van der Waals surface area contributed by atoms with E-state index < -0.39 is 11.4 Å². The van der Waals surface area contributed by atoms with Gasteiger partial charge >= 0.3 is 11.9 Å². The smallest absolute Gasteiger partial charge is 0.336 e. The van der Waals surface area contributed by atoms with Gasteiger partial charge in [-0.25, -0.2) is 9.59 Å². The number of fused-ring (bicyclic) bond motifs is 1. The Balaban J connectivity index is 1.77. The van der Waals surface area contributed by atoms with E-state index in [-0.39, 0.29) is 41.7 Å². The number of aliphatic hydroxyl groups excluding tert-OH is 1. The second kappa shape index (κ2) is 13.0. The Hall–Kier alpha value is -2.21. The van der Waals surface area contributed by atoms with Crippen molar-refractivity contribution in [1.29, 1.82) is 0 Å². The lowest BCUT2D eigenvalue weighted by atomic mass is 9.57. The average molecular weight is 543 g/mol. The summed E-state index contributed by atoms with van der Waals surface area (Å²) in [5.74, 6) is 0.451. The summed E-state index contributed by atoms with van der Waals surface area (Å²) in [6.45, 7) is 12.3. The van der Waals surface area contributed by atoms with E-state index in [4.69, 9.17) is 4.74 Å². The predicted molar refractivity (Wildman–Crippen MR) is 153 cm³/mol. The average Bonchev–Trinajstić information content (AvgIpc) is 3.22. The van der Waals surface area contributed by atoms with Crippen molar-refractivity contribution in [3.63, 3.8) is 0 Å². The summed E-state index contributed by atoms with van der Waals surface area (Å²) in [7, 11) is 0. The summed E-state index contributed by atoms with van der Waals surface area (Å²) in [5, 5.41) is 18.9. The molecule has 2 fully saturated rings. The Morgan fingerprint density at radius 2 is 1.92 bits per heavy atom. The summed E-state index contributed by atoms with van der Waals surface area (Å²) in [5.41, 5.74) is 0.914. The van der Waals surface area contributed by atoms with Crippen molar-refractivity contribution in [2.24, 2.45) is 40.4 Å². The van der Waals surface area contributed by atoms with Gasteiger partial charge in [0, 0.05) is 17.9 Å². The zero-order valence-corrected chi connectivity index (χ0v) is 24.9. The molecule has 1 aliphatic heterocycles. The zero-order valence-electron chi connectivity index (χ0n) is 24.9. The van der Waals surface area contributed by atoms with Gasteiger partial charge in [-0.3, -0.25) is 4.79 Å². The van der Waals surface area contributed by atoms with E-state index in [1.165, 1.54) is 6.08 Å². The van der Waals surface area contributed by atoms with Crippen LogP contribution in [0.3, 0.4) is 0 Å². The van der Waals surface area contributed by atoms with Crippen LogP contribution in [-0.2, 0) is 19.1 Å². The fourth-order valence-corrected chi connectivity index (χ4v) is 8.18. The van der Waals surface area contributed by atoms with Gasteiger partial charge in [-0.1, -0.05) is 65.2 Å². The first kappa shape index (κ1) is 31.3. The van der Waals surface area contributed by atoms with Crippen LogP contribution in [0.2, 0.25) is 0 Å². The maximum Gasteiger partial charge on any atom is 0.336 e. The lowest BCUT2D eigenvalue weighted by molar-refractivity contribution is -0.151. The maximum atomic E-state index is 12.9. The number of hydrogen-bond donors (Lipinski definition) is 2. The number of carboxylic acids is 1. The first-order valence-electron chi connectivity index (χ1n) is 15.0. The molecule has 6 nitrogen and oxygen atoms in total. The number of allylic oxidation sites excluding steroid dienone is 3. The topological polar surface area (TPSA) is 101 Å². The molecule has 0 amide bonds. The molecular formula is C33H50O6. The molecule has 0 bridgehead atoms. The lowest BCUT2D eigenvalue weighted by Crippen LogP contribution is -2.43. The van der Waals surface area contributed by atoms with E-state index in [9.17, 15) is 24.6 Å². The molecule has 7 atom stereocenters. The number of carbonyl (C=O) groups is 3. The largest absolute Gasteiger partial charge is 0.478 e. The Morgan fingerprint density at radius 3 is 2.54 bits per heavy atom. The lowest BCUT2D eigenvalue weighted by Gasteiger charge is -2.48. The SMILES string of the molecule is CC/C=C\C(=O)C(C)(C)CC(/C=C/C(=O)O)CC1CCC[C@@]2(C)C1CCC2[C@H](C)C1CC(C)=C(CO)C(=O)O1. The summed E-state index contributed by atoms with van der Waals surface area (Å²) in [6.07, 6.45) is 15.1. The van der Waals surface area contributed by atoms with E-state index in [0.29, 0.717) is 36.2 Å². The van der Waals surface area contributed by atoms with E-state index in [1.54, 1.807) is 6.08 Å². The second-order valence-corrected chi connectivity index (χ2v) is 13.3. The van der Waals surface area contributed by atoms with Gasteiger partial charge in [-0.2, -0.15) is 0 Å². The molecule has 3 aliphatic rings. The molecular weight excluding hydrogens is 492 g/mol. The molecule has 2 saturated carbocycles. The predicted octanol–water partition coefficient (Wildman–Crippen LogP) is 6.68. The normalized spacial score (nSPS) is 31.4. The summed E-state index contributed by atoms with van der Waals surface area (Å²) in [6, 6.07) is 0. The molecule has 0 aromatic heterocycles. The van der Waals surface area contributed by atoms with Crippen molar-refractivity contribution in [2.45, 2.75) is 105 Å². The molecule has 0 saturated heterocycles. The maximum absolute atomic E-state index is 12.9. The number of carboxylic acid groups (broad SMARTS) is 1. The van der Waals surface area contributed by atoms with Crippen LogP contribution < -0.4 is 0 Å². The fourth-order valence-electron chi connectivity index (χ4n) is 8.18. The van der Waals surface area contributed by atoms with E-state index in [1.807, 2.05) is 39.8 Å². The van der Waals surface area contributed by atoms with Crippen molar-refractivity contribution < 1.29 is 29.3 Å². The molecule has 3 rings (SSSR count). The van der Waals surface area contributed by atoms with Gasteiger partial charge in [0.2, 0.25) is 0 Å². The Bertz CT molecular complexity index is 1000. The van der Waals surface area contributed by atoms with Gasteiger partial charge in [-0.05, 0) is 86.5 Å². The van der Waals surface area contributed by atoms with Crippen LogP contribution >= 0.6 is 0 Å².